The molecular weight excluding hydrogens is 454 g/mol. The highest BCUT2D eigenvalue weighted by atomic mass is 32.1. The van der Waals surface area contributed by atoms with Crippen LogP contribution < -0.4 is 17.2 Å². The van der Waals surface area contributed by atoms with Gasteiger partial charge in [0.15, 0.2) is 0 Å². The highest BCUT2D eigenvalue weighted by Gasteiger charge is 2.12. The summed E-state index contributed by atoms with van der Waals surface area (Å²) < 4.78 is 0. The number of hydrogen-bond donors (Lipinski definition) is 5. The SMILES string of the molecule is Cc1cccc(C[C@H](N)C(=O)O)c1.NCc1cccc(C[C@H](N)C(=O)O)c1.O=C=O.S.S. The Hall–Kier alpha value is -2.66. The van der Waals surface area contributed by atoms with Crippen LogP contribution in [0.5, 0.6) is 0 Å². The van der Waals surface area contributed by atoms with Gasteiger partial charge in [-0.2, -0.15) is 36.6 Å². The molecule has 0 aliphatic rings. The van der Waals surface area contributed by atoms with Crippen LogP contribution in [0.2, 0.25) is 0 Å². The number of aliphatic carboxylic acids is 2. The zero-order valence-electron chi connectivity index (χ0n) is 17.7. The molecule has 0 radical (unpaired) electrons. The molecule has 0 spiro atoms. The summed E-state index contributed by atoms with van der Waals surface area (Å²) in [7, 11) is 0. The molecular formula is C21H31N3O6S2. The maximum absolute atomic E-state index is 10.5. The molecule has 11 heteroatoms. The van der Waals surface area contributed by atoms with Gasteiger partial charge < -0.3 is 27.4 Å². The van der Waals surface area contributed by atoms with Crippen LogP contribution in [0.25, 0.3) is 0 Å². The van der Waals surface area contributed by atoms with E-state index in [4.69, 9.17) is 37.0 Å². The number of carbonyl (C=O) groups is 2. The van der Waals surface area contributed by atoms with Crippen molar-refractivity contribution in [2.75, 3.05) is 0 Å². The molecule has 0 bridgehead atoms. The van der Waals surface area contributed by atoms with E-state index in [-0.39, 0.29) is 33.1 Å². The minimum Gasteiger partial charge on any atom is -0.480 e. The Morgan fingerprint density at radius 2 is 1.22 bits per heavy atom. The summed E-state index contributed by atoms with van der Waals surface area (Å²) in [6.07, 6.45) is 0.972. The van der Waals surface area contributed by atoms with Gasteiger partial charge in [0, 0.05) is 6.54 Å². The van der Waals surface area contributed by atoms with Crippen molar-refractivity contribution >= 4 is 45.1 Å². The number of rotatable bonds is 7. The molecule has 178 valence electrons. The summed E-state index contributed by atoms with van der Waals surface area (Å²) in [5, 5.41) is 17.2. The van der Waals surface area contributed by atoms with Crippen molar-refractivity contribution in [2.24, 2.45) is 17.2 Å². The lowest BCUT2D eigenvalue weighted by Crippen LogP contribution is -2.32. The standard InChI is InChI=1S/C10H14N2O2.C10H13NO2.CO2.2H2S/c11-6-8-3-1-2-7(4-8)5-9(12)10(13)14;1-7-3-2-4-8(5-7)6-9(11)10(12)13;2-1-3;;/h1-4,9H,5-6,11-12H2,(H,13,14);2-5,9H,6,11H2,1H3,(H,12,13);;2*1H2/t2*9-;;;/m00.../s1. The van der Waals surface area contributed by atoms with E-state index in [1.54, 1.807) is 0 Å². The third-order valence-corrected chi connectivity index (χ3v) is 3.86. The fourth-order valence-corrected chi connectivity index (χ4v) is 2.41. The minimum atomic E-state index is -0.983. The van der Waals surface area contributed by atoms with E-state index in [0.29, 0.717) is 19.4 Å². The Bertz CT molecular complexity index is 861. The Balaban J connectivity index is -0.000000444. The van der Waals surface area contributed by atoms with Gasteiger partial charge in [0.2, 0.25) is 0 Å². The van der Waals surface area contributed by atoms with Crippen LogP contribution in [0.3, 0.4) is 0 Å². The van der Waals surface area contributed by atoms with Crippen molar-refractivity contribution in [1.82, 2.24) is 0 Å². The molecule has 32 heavy (non-hydrogen) atoms. The van der Waals surface area contributed by atoms with Gasteiger partial charge >= 0.3 is 18.1 Å². The number of benzene rings is 2. The van der Waals surface area contributed by atoms with Crippen molar-refractivity contribution in [2.45, 2.75) is 38.4 Å². The van der Waals surface area contributed by atoms with Gasteiger partial charge in [0.1, 0.15) is 12.1 Å². The average molecular weight is 486 g/mol. The van der Waals surface area contributed by atoms with Gasteiger partial charge in [0.05, 0.1) is 0 Å². The normalized spacial score (nSPS) is 10.8. The van der Waals surface area contributed by atoms with Gasteiger partial charge in [-0.3, -0.25) is 9.59 Å². The second kappa shape index (κ2) is 19.1. The van der Waals surface area contributed by atoms with Gasteiger partial charge in [-0.15, -0.1) is 0 Å². The summed E-state index contributed by atoms with van der Waals surface area (Å²) >= 11 is 0. The van der Waals surface area contributed by atoms with Crippen LogP contribution in [0, 0.1) is 6.92 Å². The molecule has 0 saturated heterocycles. The summed E-state index contributed by atoms with van der Waals surface area (Å²) in [6.45, 7) is 2.42. The zero-order chi connectivity index (χ0) is 23.1. The van der Waals surface area contributed by atoms with Crippen molar-refractivity contribution in [1.29, 1.82) is 0 Å². The van der Waals surface area contributed by atoms with E-state index in [2.05, 4.69) is 0 Å². The lowest BCUT2D eigenvalue weighted by atomic mass is 10.0. The molecule has 0 saturated carbocycles. The monoisotopic (exact) mass is 485 g/mol. The molecule has 2 rings (SSSR count). The van der Waals surface area contributed by atoms with E-state index in [1.165, 1.54) is 0 Å². The number of carboxylic acid groups (broad SMARTS) is 2. The molecule has 0 aromatic heterocycles. The van der Waals surface area contributed by atoms with Gasteiger partial charge in [-0.05, 0) is 36.5 Å². The maximum atomic E-state index is 10.5. The third kappa shape index (κ3) is 15.2. The van der Waals surface area contributed by atoms with E-state index in [1.807, 2.05) is 55.5 Å². The highest BCUT2D eigenvalue weighted by Crippen LogP contribution is 2.07. The lowest BCUT2D eigenvalue weighted by Gasteiger charge is -2.07. The van der Waals surface area contributed by atoms with Crippen LogP contribution in [-0.2, 0) is 38.6 Å². The summed E-state index contributed by atoms with van der Waals surface area (Å²) in [4.78, 5) is 37.2. The first-order valence-corrected chi connectivity index (χ1v) is 8.94. The number of carbonyl (C=O) groups excluding carboxylic acids is 2. The summed E-state index contributed by atoms with van der Waals surface area (Å²) in [5.74, 6) is -1.94. The first-order chi connectivity index (χ1) is 14.1. The fourth-order valence-electron chi connectivity index (χ4n) is 2.41. The Morgan fingerprint density at radius 3 is 1.59 bits per heavy atom. The van der Waals surface area contributed by atoms with E-state index in [0.717, 1.165) is 22.3 Å². The maximum Gasteiger partial charge on any atom is 0.373 e. The second-order valence-corrected chi connectivity index (χ2v) is 6.39. The van der Waals surface area contributed by atoms with E-state index in [9.17, 15) is 9.59 Å². The van der Waals surface area contributed by atoms with Crippen molar-refractivity contribution < 1.29 is 29.4 Å². The van der Waals surface area contributed by atoms with Crippen LogP contribution in [0.15, 0.2) is 48.5 Å². The Morgan fingerprint density at radius 1 is 0.844 bits per heavy atom. The number of nitrogens with two attached hydrogens (primary N) is 3. The molecule has 0 aliphatic carbocycles. The number of aryl methyl sites for hydroxylation is 1. The predicted molar refractivity (Wildman–Crippen MR) is 130 cm³/mol. The molecule has 8 N–H and O–H groups in total. The van der Waals surface area contributed by atoms with Crippen LogP contribution in [0.4, 0.5) is 0 Å². The second-order valence-electron chi connectivity index (χ2n) is 6.39. The Kier molecular flexibility index (Phi) is 20.2. The number of carboxylic acids is 2. The van der Waals surface area contributed by atoms with Gasteiger partial charge in [0.25, 0.3) is 0 Å². The molecule has 2 atom stereocenters. The van der Waals surface area contributed by atoms with Gasteiger partial charge in [-0.1, -0.05) is 54.1 Å². The molecule has 0 aliphatic heterocycles. The van der Waals surface area contributed by atoms with E-state index >= 15 is 0 Å². The lowest BCUT2D eigenvalue weighted by molar-refractivity contribution is -0.191. The quantitative estimate of drug-likeness (QED) is 0.376. The minimum absolute atomic E-state index is 0. The topological polar surface area (TPSA) is 187 Å². The molecule has 2 aromatic carbocycles. The van der Waals surface area contributed by atoms with Crippen LogP contribution >= 0.6 is 27.0 Å². The molecule has 2 aromatic rings. The zero-order valence-corrected chi connectivity index (χ0v) is 19.7. The molecule has 0 heterocycles. The predicted octanol–water partition coefficient (Wildman–Crippen LogP) is 0.691. The summed E-state index contributed by atoms with van der Waals surface area (Å²) in [5.41, 5.74) is 20.2. The summed E-state index contributed by atoms with van der Waals surface area (Å²) in [6, 6.07) is 13.5. The van der Waals surface area contributed by atoms with Crippen molar-refractivity contribution in [3.8, 4) is 0 Å². The van der Waals surface area contributed by atoms with Crippen molar-refractivity contribution in [3.05, 3.63) is 70.8 Å². The molecule has 0 amide bonds. The highest BCUT2D eigenvalue weighted by molar-refractivity contribution is 7.59. The van der Waals surface area contributed by atoms with Crippen LogP contribution in [-0.4, -0.2) is 40.4 Å². The smallest absolute Gasteiger partial charge is 0.373 e. The Labute approximate surface area is 200 Å². The van der Waals surface area contributed by atoms with Crippen LogP contribution in [0.1, 0.15) is 22.3 Å². The van der Waals surface area contributed by atoms with Crippen molar-refractivity contribution in [3.63, 3.8) is 0 Å². The average Bonchev–Trinajstić information content (AvgIpc) is 2.69. The third-order valence-electron chi connectivity index (χ3n) is 3.86. The molecule has 9 nitrogen and oxygen atoms in total. The molecule has 0 unspecified atom stereocenters. The molecule has 0 fully saturated rings. The first-order valence-electron chi connectivity index (χ1n) is 8.94. The fraction of sp³-hybridized carbons (Fsp3) is 0.286. The first kappa shape index (κ1) is 34.0. The van der Waals surface area contributed by atoms with Gasteiger partial charge in [-0.25, -0.2) is 0 Å². The largest absolute Gasteiger partial charge is 0.480 e. The van der Waals surface area contributed by atoms with E-state index < -0.39 is 24.0 Å². The number of hydrogen-bond acceptors (Lipinski definition) is 7.